The highest BCUT2D eigenvalue weighted by Crippen LogP contribution is 2.30. The fraction of sp³-hybridized carbons (Fsp3) is 0.190. The van der Waals surface area contributed by atoms with Gasteiger partial charge in [0.1, 0.15) is 5.52 Å². The molecule has 0 N–H and O–H groups in total. The topological polar surface area (TPSA) is 8.81 Å². The molecule has 23 heavy (non-hydrogen) atoms. The number of pyridine rings is 1. The van der Waals surface area contributed by atoms with Gasteiger partial charge in [-0.3, -0.25) is 0 Å². The molecular formula is C21H21N2+. The number of nitrogens with zero attached hydrogens (tertiary/aromatic N) is 2. The van der Waals surface area contributed by atoms with Crippen LogP contribution in [0.3, 0.4) is 0 Å². The molecule has 0 spiro atoms. The van der Waals surface area contributed by atoms with Crippen molar-refractivity contribution >= 4 is 21.8 Å². The molecule has 0 amide bonds. The molecule has 4 aromatic rings. The molecule has 2 aromatic heterocycles. The van der Waals surface area contributed by atoms with Crippen LogP contribution in [0.4, 0.5) is 0 Å². The Morgan fingerprint density at radius 3 is 2.30 bits per heavy atom. The highest BCUT2D eigenvalue weighted by Gasteiger charge is 2.15. The second-order valence-electron chi connectivity index (χ2n) is 6.38. The number of para-hydroxylation sites is 1. The molecule has 0 saturated heterocycles. The summed E-state index contributed by atoms with van der Waals surface area (Å²) in [6.07, 6.45) is 4.47. The molecule has 0 aliphatic carbocycles. The van der Waals surface area contributed by atoms with E-state index in [2.05, 4.69) is 96.0 Å². The first-order valence-electron chi connectivity index (χ1n) is 8.20. The molecule has 0 bridgehead atoms. The van der Waals surface area contributed by atoms with Crippen molar-refractivity contribution in [1.29, 1.82) is 0 Å². The Morgan fingerprint density at radius 1 is 0.826 bits per heavy atom. The van der Waals surface area contributed by atoms with E-state index in [0.29, 0.717) is 6.04 Å². The second kappa shape index (κ2) is 5.54. The molecule has 2 aromatic carbocycles. The van der Waals surface area contributed by atoms with E-state index in [1.165, 1.54) is 27.4 Å². The van der Waals surface area contributed by atoms with Crippen LogP contribution in [0.1, 0.15) is 25.5 Å². The van der Waals surface area contributed by atoms with E-state index in [0.717, 1.165) is 6.54 Å². The van der Waals surface area contributed by atoms with Gasteiger partial charge in [0, 0.05) is 34.0 Å². The van der Waals surface area contributed by atoms with Gasteiger partial charge in [0.15, 0.2) is 18.9 Å². The molecule has 2 heteroatoms. The molecular weight excluding hydrogens is 280 g/mol. The van der Waals surface area contributed by atoms with Crippen molar-refractivity contribution in [2.24, 2.45) is 0 Å². The fourth-order valence-electron chi connectivity index (χ4n) is 3.44. The Labute approximate surface area is 136 Å². The van der Waals surface area contributed by atoms with Crippen LogP contribution >= 0.6 is 0 Å². The van der Waals surface area contributed by atoms with E-state index >= 15 is 0 Å². The zero-order chi connectivity index (χ0) is 15.8. The smallest absolute Gasteiger partial charge is 0.193 e. The number of aromatic nitrogens is 2. The van der Waals surface area contributed by atoms with Gasteiger partial charge in [-0.25, -0.2) is 0 Å². The standard InChI is InChI=1S/C21H21N2/c1-16(2)23-20-11-7-6-10-18(20)19-12-13-22(15-21(19)23)14-17-8-4-3-5-9-17/h3-13,15-16H,14H2,1-2H3/q+1. The Morgan fingerprint density at radius 2 is 1.52 bits per heavy atom. The van der Waals surface area contributed by atoms with E-state index in [4.69, 9.17) is 0 Å². The van der Waals surface area contributed by atoms with Gasteiger partial charge in [0.2, 0.25) is 0 Å². The van der Waals surface area contributed by atoms with Crippen molar-refractivity contribution < 1.29 is 4.57 Å². The molecule has 4 rings (SSSR count). The molecule has 2 heterocycles. The summed E-state index contributed by atoms with van der Waals surface area (Å²) < 4.78 is 4.71. The van der Waals surface area contributed by atoms with Crippen LogP contribution in [0.25, 0.3) is 21.8 Å². The largest absolute Gasteiger partial charge is 0.333 e. The van der Waals surface area contributed by atoms with Crippen LogP contribution in [-0.2, 0) is 6.54 Å². The zero-order valence-electron chi connectivity index (χ0n) is 13.6. The van der Waals surface area contributed by atoms with E-state index < -0.39 is 0 Å². The van der Waals surface area contributed by atoms with Gasteiger partial charge in [-0.1, -0.05) is 48.5 Å². The molecule has 0 unspecified atom stereocenters. The second-order valence-corrected chi connectivity index (χ2v) is 6.38. The molecule has 0 fully saturated rings. The van der Waals surface area contributed by atoms with Gasteiger partial charge in [0.05, 0.1) is 0 Å². The number of hydrogen-bond donors (Lipinski definition) is 0. The van der Waals surface area contributed by atoms with Gasteiger partial charge in [-0.2, -0.15) is 4.57 Å². The average Bonchev–Trinajstić information content (AvgIpc) is 2.89. The average molecular weight is 301 g/mol. The Balaban J connectivity index is 1.91. The minimum absolute atomic E-state index is 0.435. The first-order chi connectivity index (χ1) is 11.2. The molecule has 0 atom stereocenters. The monoisotopic (exact) mass is 301 g/mol. The molecule has 2 nitrogen and oxygen atoms in total. The summed E-state index contributed by atoms with van der Waals surface area (Å²) in [5.41, 5.74) is 3.94. The Bertz CT molecular complexity index is 965. The highest BCUT2D eigenvalue weighted by molar-refractivity contribution is 6.07. The van der Waals surface area contributed by atoms with Crippen molar-refractivity contribution in [2.75, 3.05) is 0 Å². The molecule has 114 valence electrons. The van der Waals surface area contributed by atoms with Crippen LogP contribution in [-0.4, -0.2) is 4.57 Å². The Hall–Kier alpha value is -2.61. The van der Waals surface area contributed by atoms with Gasteiger partial charge < -0.3 is 4.57 Å². The van der Waals surface area contributed by atoms with Crippen LogP contribution in [0.5, 0.6) is 0 Å². The fourth-order valence-corrected chi connectivity index (χ4v) is 3.44. The predicted octanol–water partition coefficient (Wildman–Crippen LogP) is 4.71. The van der Waals surface area contributed by atoms with Crippen LogP contribution in [0, 0.1) is 0 Å². The van der Waals surface area contributed by atoms with Gasteiger partial charge in [-0.05, 0) is 19.9 Å². The van der Waals surface area contributed by atoms with Crippen LogP contribution in [0.2, 0.25) is 0 Å². The predicted molar refractivity (Wildman–Crippen MR) is 95.6 cm³/mol. The molecule has 0 aliphatic heterocycles. The maximum Gasteiger partial charge on any atom is 0.193 e. The minimum Gasteiger partial charge on any atom is -0.333 e. The van der Waals surface area contributed by atoms with E-state index in [-0.39, 0.29) is 0 Å². The Kier molecular flexibility index (Phi) is 3.38. The van der Waals surface area contributed by atoms with Crippen molar-refractivity contribution in [1.82, 2.24) is 4.57 Å². The third-order valence-corrected chi connectivity index (χ3v) is 4.43. The number of rotatable bonds is 3. The highest BCUT2D eigenvalue weighted by atomic mass is 15.0. The summed E-state index contributed by atoms with van der Waals surface area (Å²) in [5.74, 6) is 0. The van der Waals surface area contributed by atoms with Crippen LogP contribution < -0.4 is 4.57 Å². The lowest BCUT2D eigenvalue weighted by Crippen LogP contribution is -2.33. The zero-order valence-corrected chi connectivity index (χ0v) is 13.6. The first-order valence-corrected chi connectivity index (χ1v) is 8.20. The lowest BCUT2D eigenvalue weighted by Gasteiger charge is -2.10. The lowest BCUT2D eigenvalue weighted by atomic mass is 10.2. The third-order valence-electron chi connectivity index (χ3n) is 4.43. The van der Waals surface area contributed by atoms with Crippen molar-refractivity contribution in [3.05, 3.63) is 78.6 Å². The summed E-state index contributed by atoms with van der Waals surface area (Å²) in [7, 11) is 0. The maximum absolute atomic E-state index is 2.44. The SMILES string of the molecule is CC(C)n1c2ccccc2c2cc[n+](Cc3ccccc3)cc21. The molecule has 0 radical (unpaired) electrons. The molecule has 0 saturated carbocycles. The quantitative estimate of drug-likeness (QED) is 0.485. The maximum atomic E-state index is 2.44. The normalized spacial score (nSPS) is 11.6. The van der Waals surface area contributed by atoms with Crippen molar-refractivity contribution in [3.8, 4) is 0 Å². The van der Waals surface area contributed by atoms with Gasteiger partial charge >= 0.3 is 0 Å². The minimum atomic E-state index is 0.435. The van der Waals surface area contributed by atoms with Crippen molar-refractivity contribution in [2.45, 2.75) is 26.4 Å². The molecule has 0 aliphatic rings. The first kappa shape index (κ1) is 14.0. The summed E-state index contributed by atoms with van der Waals surface area (Å²) in [6.45, 7) is 5.40. The summed E-state index contributed by atoms with van der Waals surface area (Å²) in [4.78, 5) is 0. The van der Waals surface area contributed by atoms with Crippen LogP contribution in [0.15, 0.2) is 73.1 Å². The van der Waals surface area contributed by atoms with E-state index in [9.17, 15) is 0 Å². The number of hydrogen-bond acceptors (Lipinski definition) is 0. The lowest BCUT2D eigenvalue weighted by molar-refractivity contribution is -0.687. The number of benzene rings is 2. The number of fused-ring (bicyclic) bond motifs is 3. The van der Waals surface area contributed by atoms with E-state index in [1.54, 1.807) is 0 Å². The summed E-state index contributed by atoms with van der Waals surface area (Å²) in [5, 5.41) is 2.67. The summed E-state index contributed by atoms with van der Waals surface area (Å²) in [6, 6.07) is 22.0. The van der Waals surface area contributed by atoms with Gasteiger partial charge in [0.25, 0.3) is 0 Å². The van der Waals surface area contributed by atoms with Gasteiger partial charge in [-0.15, -0.1) is 0 Å². The van der Waals surface area contributed by atoms with E-state index in [1.807, 2.05) is 0 Å². The third kappa shape index (κ3) is 2.40. The van der Waals surface area contributed by atoms with Crippen molar-refractivity contribution in [3.63, 3.8) is 0 Å². The summed E-state index contributed by atoms with van der Waals surface area (Å²) >= 11 is 0.